The van der Waals surface area contributed by atoms with Crippen molar-refractivity contribution < 1.29 is 14.7 Å². The molecule has 2 amide bonds. The predicted molar refractivity (Wildman–Crippen MR) is 85.3 cm³/mol. The molecule has 0 bridgehead atoms. The number of nitrogens with one attached hydrogen (secondary N) is 2. The van der Waals surface area contributed by atoms with Crippen molar-refractivity contribution in [3.8, 4) is 0 Å². The summed E-state index contributed by atoms with van der Waals surface area (Å²) in [5.74, 6) is -1.06. The highest BCUT2D eigenvalue weighted by atomic mass is 127. The van der Waals surface area contributed by atoms with Crippen LogP contribution in [0.1, 0.15) is 20.3 Å². The fourth-order valence-corrected chi connectivity index (χ4v) is 2.04. The number of aliphatic carboxylic acids is 1. The Bertz CT molecular complexity index is 510. The van der Waals surface area contributed by atoms with Gasteiger partial charge in [0.1, 0.15) is 5.54 Å². The van der Waals surface area contributed by atoms with Gasteiger partial charge in [0.25, 0.3) is 0 Å². The molecular weight excluding hydrogens is 427 g/mol. The molecule has 0 aliphatic heterocycles. The first kappa shape index (κ1) is 16.2. The Balaban J connectivity index is 2.75. The SMILES string of the molecule is CCC(C)(NC(=O)Nc1ccc(Br)c(I)c1)C(=O)O. The van der Waals surface area contributed by atoms with Crippen molar-refractivity contribution in [1.29, 1.82) is 0 Å². The minimum Gasteiger partial charge on any atom is -0.480 e. The van der Waals surface area contributed by atoms with Crippen LogP contribution in [0.15, 0.2) is 22.7 Å². The van der Waals surface area contributed by atoms with E-state index in [0.29, 0.717) is 12.1 Å². The van der Waals surface area contributed by atoms with Gasteiger partial charge in [-0.3, -0.25) is 0 Å². The Morgan fingerprint density at radius 3 is 2.58 bits per heavy atom. The molecule has 7 heteroatoms. The van der Waals surface area contributed by atoms with Crippen LogP contribution in [0.25, 0.3) is 0 Å². The Labute approximate surface area is 133 Å². The van der Waals surface area contributed by atoms with E-state index in [1.54, 1.807) is 19.1 Å². The van der Waals surface area contributed by atoms with Crippen LogP contribution >= 0.6 is 38.5 Å². The molecule has 0 saturated heterocycles. The number of carboxylic acids is 1. The van der Waals surface area contributed by atoms with E-state index in [4.69, 9.17) is 5.11 Å². The number of amides is 2. The van der Waals surface area contributed by atoms with Gasteiger partial charge in [0.2, 0.25) is 0 Å². The predicted octanol–water partition coefficient (Wildman–Crippen LogP) is 3.43. The topological polar surface area (TPSA) is 78.4 Å². The number of benzene rings is 1. The fraction of sp³-hybridized carbons (Fsp3) is 0.333. The van der Waals surface area contributed by atoms with Gasteiger partial charge in [-0.05, 0) is 70.1 Å². The van der Waals surface area contributed by atoms with Crippen molar-refractivity contribution in [3.05, 3.63) is 26.2 Å². The van der Waals surface area contributed by atoms with Crippen LogP contribution < -0.4 is 10.6 Å². The maximum absolute atomic E-state index is 11.8. The molecule has 0 heterocycles. The lowest BCUT2D eigenvalue weighted by Gasteiger charge is -2.24. The van der Waals surface area contributed by atoms with Crippen molar-refractivity contribution in [2.75, 3.05) is 5.32 Å². The average molecular weight is 441 g/mol. The standard InChI is InChI=1S/C12H14BrIN2O3/c1-3-12(2,10(17)18)16-11(19)15-7-4-5-8(13)9(14)6-7/h4-6H,3H2,1-2H3,(H,17,18)(H2,15,16,19). The van der Waals surface area contributed by atoms with Crippen molar-refractivity contribution in [2.24, 2.45) is 0 Å². The number of anilines is 1. The third kappa shape index (κ3) is 4.34. The summed E-state index contributed by atoms with van der Waals surface area (Å²) in [7, 11) is 0. The van der Waals surface area contributed by atoms with Gasteiger partial charge in [-0.25, -0.2) is 9.59 Å². The Morgan fingerprint density at radius 1 is 1.47 bits per heavy atom. The van der Waals surface area contributed by atoms with Gasteiger partial charge in [-0.15, -0.1) is 0 Å². The van der Waals surface area contributed by atoms with Crippen molar-refractivity contribution in [3.63, 3.8) is 0 Å². The summed E-state index contributed by atoms with van der Waals surface area (Å²) < 4.78 is 1.88. The molecule has 104 valence electrons. The summed E-state index contributed by atoms with van der Waals surface area (Å²) in [5.41, 5.74) is -0.666. The molecule has 0 aliphatic carbocycles. The molecule has 0 aromatic heterocycles. The maximum atomic E-state index is 11.8. The minimum atomic E-state index is -1.27. The van der Waals surface area contributed by atoms with Gasteiger partial charge in [-0.1, -0.05) is 6.92 Å². The molecule has 0 spiro atoms. The van der Waals surface area contributed by atoms with Gasteiger partial charge in [-0.2, -0.15) is 0 Å². The molecule has 0 fully saturated rings. The van der Waals surface area contributed by atoms with E-state index in [2.05, 4.69) is 49.2 Å². The first-order valence-corrected chi connectivity index (χ1v) is 7.43. The van der Waals surface area contributed by atoms with Crippen molar-refractivity contribution in [2.45, 2.75) is 25.8 Å². The average Bonchev–Trinajstić information content (AvgIpc) is 2.33. The van der Waals surface area contributed by atoms with Gasteiger partial charge < -0.3 is 15.7 Å². The lowest BCUT2D eigenvalue weighted by atomic mass is 10.00. The van der Waals surface area contributed by atoms with Gasteiger partial charge in [0.05, 0.1) is 0 Å². The molecule has 19 heavy (non-hydrogen) atoms. The van der Waals surface area contributed by atoms with Gasteiger partial charge in [0, 0.05) is 13.7 Å². The maximum Gasteiger partial charge on any atom is 0.329 e. The molecule has 0 aliphatic rings. The third-order valence-electron chi connectivity index (χ3n) is 2.75. The van der Waals surface area contributed by atoms with Crippen LogP contribution in [0.2, 0.25) is 0 Å². The van der Waals surface area contributed by atoms with Gasteiger partial charge >= 0.3 is 12.0 Å². The second-order valence-electron chi connectivity index (χ2n) is 4.20. The smallest absolute Gasteiger partial charge is 0.329 e. The summed E-state index contributed by atoms with van der Waals surface area (Å²) in [6, 6.07) is 4.79. The van der Waals surface area contributed by atoms with E-state index in [9.17, 15) is 9.59 Å². The van der Waals surface area contributed by atoms with Crippen LogP contribution in [-0.4, -0.2) is 22.6 Å². The molecule has 1 aromatic carbocycles. The number of rotatable bonds is 4. The zero-order chi connectivity index (χ0) is 14.6. The third-order valence-corrected chi connectivity index (χ3v) is 5.07. The molecule has 0 saturated carbocycles. The molecule has 1 aromatic rings. The molecule has 3 N–H and O–H groups in total. The number of urea groups is 1. The summed E-state index contributed by atoms with van der Waals surface area (Å²) >= 11 is 5.49. The molecule has 1 atom stereocenters. The summed E-state index contributed by atoms with van der Waals surface area (Å²) in [4.78, 5) is 22.9. The highest BCUT2D eigenvalue weighted by Gasteiger charge is 2.32. The van der Waals surface area contributed by atoms with E-state index >= 15 is 0 Å². The van der Waals surface area contributed by atoms with E-state index in [1.165, 1.54) is 6.92 Å². The number of carbonyl (C=O) groups excluding carboxylic acids is 1. The quantitative estimate of drug-likeness (QED) is 0.627. The number of carboxylic acid groups (broad SMARTS) is 1. The first-order chi connectivity index (χ1) is 8.78. The number of carbonyl (C=O) groups is 2. The lowest BCUT2D eigenvalue weighted by molar-refractivity contribution is -0.143. The molecular formula is C12H14BrIN2O3. The highest BCUT2D eigenvalue weighted by molar-refractivity contribution is 14.1. The van der Waals surface area contributed by atoms with E-state index in [-0.39, 0.29) is 0 Å². The molecule has 1 rings (SSSR count). The van der Waals surface area contributed by atoms with E-state index in [1.807, 2.05) is 6.07 Å². The second kappa shape index (κ2) is 6.56. The molecule has 1 unspecified atom stereocenters. The van der Waals surface area contributed by atoms with Crippen LogP contribution in [0.5, 0.6) is 0 Å². The zero-order valence-electron chi connectivity index (χ0n) is 10.5. The lowest BCUT2D eigenvalue weighted by Crippen LogP contribution is -2.53. The largest absolute Gasteiger partial charge is 0.480 e. The molecule has 5 nitrogen and oxygen atoms in total. The number of hydrogen-bond acceptors (Lipinski definition) is 2. The molecule has 0 radical (unpaired) electrons. The highest BCUT2D eigenvalue weighted by Crippen LogP contribution is 2.22. The summed E-state index contributed by atoms with van der Waals surface area (Å²) in [5, 5.41) is 14.2. The summed E-state index contributed by atoms with van der Waals surface area (Å²) in [6.45, 7) is 3.18. The van der Waals surface area contributed by atoms with Crippen LogP contribution in [0, 0.1) is 3.57 Å². The van der Waals surface area contributed by atoms with Gasteiger partial charge in [0.15, 0.2) is 0 Å². The normalized spacial score (nSPS) is 13.5. The number of halogens is 2. The zero-order valence-corrected chi connectivity index (χ0v) is 14.2. The van der Waals surface area contributed by atoms with Crippen LogP contribution in [-0.2, 0) is 4.79 Å². The Kier molecular flexibility index (Phi) is 5.60. The minimum absolute atomic E-state index is 0.299. The summed E-state index contributed by atoms with van der Waals surface area (Å²) in [6.07, 6.45) is 0.299. The fourth-order valence-electron chi connectivity index (χ4n) is 1.28. The van der Waals surface area contributed by atoms with E-state index in [0.717, 1.165) is 8.04 Å². The van der Waals surface area contributed by atoms with E-state index < -0.39 is 17.5 Å². The van der Waals surface area contributed by atoms with Crippen molar-refractivity contribution >= 4 is 56.2 Å². The second-order valence-corrected chi connectivity index (χ2v) is 6.22. The Hall–Kier alpha value is -0.830. The monoisotopic (exact) mass is 440 g/mol. The Morgan fingerprint density at radius 2 is 2.11 bits per heavy atom. The van der Waals surface area contributed by atoms with Crippen LogP contribution in [0.3, 0.4) is 0 Å². The number of hydrogen-bond donors (Lipinski definition) is 3. The van der Waals surface area contributed by atoms with Crippen molar-refractivity contribution in [1.82, 2.24) is 5.32 Å². The van der Waals surface area contributed by atoms with Crippen LogP contribution in [0.4, 0.5) is 10.5 Å². The first-order valence-electron chi connectivity index (χ1n) is 5.56.